The van der Waals surface area contributed by atoms with Crippen molar-refractivity contribution in [1.29, 1.82) is 0 Å². The van der Waals surface area contributed by atoms with Crippen LogP contribution in [0.5, 0.6) is 5.75 Å². The molecule has 1 N–H and O–H groups in total. The Kier molecular flexibility index (Phi) is 9.34. The quantitative estimate of drug-likeness (QED) is 0.215. The molecule has 3 aliphatic rings. The van der Waals surface area contributed by atoms with Crippen LogP contribution < -0.4 is 14.5 Å². The van der Waals surface area contributed by atoms with Crippen molar-refractivity contribution in [2.24, 2.45) is 5.92 Å². The lowest BCUT2D eigenvalue weighted by atomic mass is 9.82. The fraction of sp³-hybridized carbons (Fsp3) is 0.417. The highest BCUT2D eigenvalue weighted by molar-refractivity contribution is 6.72. The molecule has 2 saturated heterocycles. The molecule has 3 amide bonds. The van der Waals surface area contributed by atoms with Crippen LogP contribution in [0, 0.1) is 5.92 Å². The van der Waals surface area contributed by atoms with E-state index in [1.165, 1.54) is 0 Å². The fourth-order valence-electron chi connectivity index (χ4n) is 7.66. The molecule has 3 aromatic rings. The number of nitrogens with zero attached hydrogens (tertiary/aromatic N) is 3. The van der Waals surface area contributed by atoms with Crippen LogP contribution >= 0.6 is 0 Å². The number of carbonyl (C=O) groups excluding carboxylic acids is 3. The van der Waals surface area contributed by atoms with Gasteiger partial charge in [-0.05, 0) is 54.6 Å². The first-order chi connectivity index (χ1) is 23.0. The van der Waals surface area contributed by atoms with Crippen LogP contribution in [-0.2, 0) is 37.8 Å². The molecule has 0 radical (unpaired) electrons. The first-order valence-corrected chi connectivity index (χ1v) is 19.3. The van der Waals surface area contributed by atoms with Gasteiger partial charge >= 0.3 is 6.09 Å². The van der Waals surface area contributed by atoms with Gasteiger partial charge in [-0.25, -0.2) is 4.79 Å². The predicted molar refractivity (Wildman–Crippen MR) is 181 cm³/mol. The van der Waals surface area contributed by atoms with Gasteiger partial charge in [0.1, 0.15) is 12.4 Å². The van der Waals surface area contributed by atoms with Crippen LogP contribution in [0.15, 0.2) is 72.8 Å². The summed E-state index contributed by atoms with van der Waals surface area (Å²) in [5.74, 6) is -0.691. The number of halogens is 1. The molecule has 10 nitrogen and oxygen atoms in total. The third kappa shape index (κ3) is 6.08. The molecule has 3 aliphatic heterocycles. The molecule has 3 heterocycles. The van der Waals surface area contributed by atoms with Gasteiger partial charge in [-0.2, -0.15) is 0 Å². The number of anilines is 2. The zero-order chi connectivity index (χ0) is 34.2. The summed E-state index contributed by atoms with van der Waals surface area (Å²) in [5, 5.41) is 9.78. The maximum absolute atomic E-state index is 16.4. The summed E-state index contributed by atoms with van der Waals surface area (Å²) in [4.78, 5) is 45.7. The van der Waals surface area contributed by atoms with E-state index in [4.69, 9.17) is 14.2 Å². The zero-order valence-corrected chi connectivity index (χ0v) is 28.7. The third-order valence-electron chi connectivity index (χ3n) is 9.81. The summed E-state index contributed by atoms with van der Waals surface area (Å²) in [6, 6.07) is 22.2. The molecule has 0 aromatic heterocycles. The van der Waals surface area contributed by atoms with Gasteiger partial charge in [-0.1, -0.05) is 49.4 Å². The molecule has 0 bridgehead atoms. The van der Waals surface area contributed by atoms with Crippen LogP contribution in [0.2, 0.25) is 18.6 Å². The molecule has 0 saturated carbocycles. The van der Waals surface area contributed by atoms with Gasteiger partial charge in [0.25, 0.3) is 5.91 Å². The van der Waals surface area contributed by atoms with Gasteiger partial charge in [0.05, 0.1) is 45.0 Å². The molecule has 48 heavy (non-hydrogen) atoms. The second-order valence-electron chi connectivity index (χ2n) is 13.2. The molecule has 6 rings (SSSR count). The molecule has 4 atom stereocenters. The van der Waals surface area contributed by atoms with E-state index in [0.717, 1.165) is 11.1 Å². The number of hydrogen-bond donors (Lipinski definition) is 1. The normalized spacial score (nSPS) is 23.5. The summed E-state index contributed by atoms with van der Waals surface area (Å²) in [6.45, 7) is 6.15. The summed E-state index contributed by atoms with van der Waals surface area (Å²) >= 11 is 0. The second kappa shape index (κ2) is 13.3. The smallest absolute Gasteiger partial charge is 0.414 e. The molecule has 0 unspecified atom stereocenters. The number of ether oxygens (including phenoxy) is 3. The van der Waals surface area contributed by atoms with Crippen molar-refractivity contribution in [1.82, 2.24) is 4.90 Å². The van der Waals surface area contributed by atoms with Gasteiger partial charge in [-0.15, -0.1) is 0 Å². The standard InChI is InChI=1S/C36H42FN3O7Si/c1-24-33(48(3,4)37)31(21-32(42)38(15-17-41)22-25-9-6-5-7-10-25)47-36(24)29-20-28(45-2)13-14-30(29)40(34(36)43)23-26-11-8-12-27(19-26)39-16-18-46-35(39)44/h5-14,19-20,24,31,33,41H,15-18,21-23H2,1-4H3/t24-,31+,33-,36+/m1/s1. The minimum atomic E-state index is -3.53. The highest BCUT2D eigenvalue weighted by atomic mass is 28.4. The van der Waals surface area contributed by atoms with Crippen molar-refractivity contribution in [3.8, 4) is 5.75 Å². The number of aliphatic hydroxyl groups is 1. The number of fused-ring (bicyclic) bond motifs is 2. The summed E-state index contributed by atoms with van der Waals surface area (Å²) in [7, 11) is -1.99. The molecule has 1 spiro atoms. The number of hydrogen-bond acceptors (Lipinski definition) is 7. The van der Waals surface area contributed by atoms with Crippen LogP contribution in [0.1, 0.15) is 30.0 Å². The average Bonchev–Trinajstić information content (AvgIpc) is 3.70. The van der Waals surface area contributed by atoms with Crippen LogP contribution in [0.25, 0.3) is 0 Å². The number of rotatable bonds is 11. The van der Waals surface area contributed by atoms with Crippen LogP contribution in [0.3, 0.4) is 0 Å². The Morgan fingerprint density at radius 2 is 1.83 bits per heavy atom. The van der Waals surface area contributed by atoms with Crippen molar-refractivity contribution in [3.05, 3.63) is 89.5 Å². The SMILES string of the molecule is COc1ccc2c(c1)[C@]1(O[C@@H](CC(=O)N(CCO)Cc3ccccc3)[C@H]([Si](C)(C)F)[C@H]1C)C(=O)N2Cc1cccc(N2CCOC2=O)c1. The molecular formula is C36H42FN3O7Si. The van der Waals surface area contributed by atoms with E-state index < -0.39 is 37.7 Å². The molecular weight excluding hydrogens is 633 g/mol. The Morgan fingerprint density at radius 3 is 2.50 bits per heavy atom. The Balaban J connectivity index is 1.35. The number of amides is 3. The van der Waals surface area contributed by atoms with E-state index in [1.54, 1.807) is 47.0 Å². The van der Waals surface area contributed by atoms with E-state index in [-0.39, 0.29) is 44.5 Å². The summed E-state index contributed by atoms with van der Waals surface area (Å²) < 4.78 is 33.9. The van der Waals surface area contributed by atoms with Crippen LogP contribution in [0.4, 0.5) is 20.3 Å². The number of methoxy groups -OCH3 is 1. The molecule has 254 valence electrons. The molecule has 2 fully saturated rings. The van der Waals surface area contributed by atoms with E-state index in [1.807, 2.05) is 67.6 Å². The van der Waals surface area contributed by atoms with E-state index >= 15 is 4.11 Å². The fourth-order valence-corrected chi connectivity index (χ4v) is 10.2. The lowest BCUT2D eigenvalue weighted by Crippen LogP contribution is -2.45. The van der Waals surface area contributed by atoms with Crippen molar-refractivity contribution in [3.63, 3.8) is 0 Å². The Labute approximate surface area is 281 Å². The molecule has 0 aliphatic carbocycles. The lowest BCUT2D eigenvalue weighted by molar-refractivity contribution is -0.150. The Bertz CT molecular complexity index is 1690. The maximum atomic E-state index is 16.4. The number of benzene rings is 3. The monoisotopic (exact) mass is 675 g/mol. The van der Waals surface area contributed by atoms with Crippen molar-refractivity contribution in [2.75, 3.05) is 43.2 Å². The van der Waals surface area contributed by atoms with Gasteiger partial charge in [0.2, 0.25) is 14.3 Å². The molecule has 12 heteroatoms. The van der Waals surface area contributed by atoms with Gasteiger partial charge in [0, 0.05) is 35.8 Å². The van der Waals surface area contributed by atoms with E-state index in [2.05, 4.69) is 0 Å². The number of carbonyl (C=O) groups is 3. The third-order valence-corrected chi connectivity index (χ3v) is 12.3. The number of cyclic esters (lactones) is 1. The van der Waals surface area contributed by atoms with Gasteiger partial charge in [-0.3, -0.25) is 14.5 Å². The summed E-state index contributed by atoms with van der Waals surface area (Å²) in [6.07, 6.45) is -1.42. The Morgan fingerprint density at radius 1 is 1.08 bits per heavy atom. The summed E-state index contributed by atoms with van der Waals surface area (Å²) in [5.41, 5.74) is 1.33. The largest absolute Gasteiger partial charge is 0.497 e. The van der Waals surface area contributed by atoms with Gasteiger partial charge in [0.15, 0.2) is 5.60 Å². The van der Waals surface area contributed by atoms with Crippen molar-refractivity contribution >= 4 is 37.7 Å². The van der Waals surface area contributed by atoms with Crippen LogP contribution in [-0.4, -0.2) is 75.8 Å². The minimum absolute atomic E-state index is 0.114. The van der Waals surface area contributed by atoms with E-state index in [9.17, 15) is 19.5 Å². The topological polar surface area (TPSA) is 109 Å². The number of aliphatic hydroxyl groups excluding tert-OH is 1. The minimum Gasteiger partial charge on any atom is -0.497 e. The van der Waals surface area contributed by atoms with E-state index in [0.29, 0.717) is 35.8 Å². The Hall–Kier alpha value is -4.26. The first-order valence-electron chi connectivity index (χ1n) is 16.3. The highest BCUT2D eigenvalue weighted by Gasteiger charge is 2.67. The predicted octanol–water partition coefficient (Wildman–Crippen LogP) is 5.38. The maximum Gasteiger partial charge on any atom is 0.414 e. The zero-order valence-electron chi connectivity index (χ0n) is 27.7. The highest BCUT2D eigenvalue weighted by Crippen LogP contribution is 2.60. The molecule has 3 aromatic carbocycles. The first kappa shape index (κ1) is 33.6. The van der Waals surface area contributed by atoms with Crippen molar-refractivity contribution in [2.45, 2.75) is 56.8 Å². The van der Waals surface area contributed by atoms with Crippen molar-refractivity contribution < 1.29 is 37.8 Å². The van der Waals surface area contributed by atoms with Gasteiger partial charge < -0.3 is 33.2 Å². The lowest BCUT2D eigenvalue weighted by Gasteiger charge is -2.31. The second-order valence-corrected chi connectivity index (χ2v) is 17.0. The average molecular weight is 676 g/mol.